The van der Waals surface area contributed by atoms with Crippen LogP contribution in [0, 0.1) is 17.0 Å². The van der Waals surface area contributed by atoms with Crippen molar-refractivity contribution >= 4 is 29.3 Å². The van der Waals surface area contributed by atoms with Gasteiger partial charge in [0.2, 0.25) is 11.8 Å². The van der Waals surface area contributed by atoms with E-state index < -0.39 is 11.0 Å². The Morgan fingerprint density at radius 1 is 1.15 bits per heavy atom. The van der Waals surface area contributed by atoms with Crippen molar-refractivity contribution in [1.82, 2.24) is 10.2 Å². The first-order valence-electron chi connectivity index (χ1n) is 11.3. The Morgan fingerprint density at radius 3 is 2.45 bits per heavy atom. The van der Waals surface area contributed by atoms with Gasteiger partial charge in [0.15, 0.2) is 0 Å². The first kappa shape index (κ1) is 24.8. The fraction of sp³-hybridized carbons (Fsp3) is 0.440. The number of thioether (sulfide) groups is 1. The summed E-state index contributed by atoms with van der Waals surface area (Å²) < 4.78 is 0. The summed E-state index contributed by atoms with van der Waals surface area (Å²) in [6, 6.07) is 13.9. The molecular weight excluding hydrogens is 438 g/mol. The zero-order valence-corrected chi connectivity index (χ0v) is 20.0. The maximum Gasteiger partial charge on any atom is 0.269 e. The highest BCUT2D eigenvalue weighted by molar-refractivity contribution is 7.99. The number of carbonyl (C=O) groups excluding carboxylic acids is 2. The minimum absolute atomic E-state index is 0.0475. The lowest BCUT2D eigenvalue weighted by Gasteiger charge is -2.30. The Hall–Kier alpha value is -2.87. The maximum absolute atomic E-state index is 13.2. The monoisotopic (exact) mass is 469 g/mol. The van der Waals surface area contributed by atoms with Crippen LogP contribution in [0.15, 0.2) is 48.5 Å². The molecule has 2 aromatic rings. The molecule has 0 aromatic heterocycles. The van der Waals surface area contributed by atoms with Crippen LogP contribution in [0.5, 0.6) is 0 Å². The molecule has 0 unspecified atom stereocenters. The van der Waals surface area contributed by atoms with Crippen LogP contribution in [0.2, 0.25) is 0 Å². The van der Waals surface area contributed by atoms with Crippen molar-refractivity contribution in [2.75, 3.05) is 5.75 Å². The van der Waals surface area contributed by atoms with Crippen molar-refractivity contribution in [1.29, 1.82) is 0 Å². The normalized spacial score (nSPS) is 14.6. The number of hydrogen-bond donors (Lipinski definition) is 1. The number of carbonyl (C=O) groups is 2. The summed E-state index contributed by atoms with van der Waals surface area (Å²) in [5.41, 5.74) is 3.06. The minimum atomic E-state index is -0.572. The zero-order valence-electron chi connectivity index (χ0n) is 19.2. The Balaban J connectivity index is 1.64. The molecule has 1 fully saturated rings. The quantitative estimate of drug-likeness (QED) is 0.405. The van der Waals surface area contributed by atoms with Crippen LogP contribution in [0.3, 0.4) is 0 Å². The molecule has 2 amide bonds. The Bertz CT molecular complexity index is 974. The standard InChI is InChI=1S/C25H31N3O4S/c1-18-7-3-4-8-21(18)15-27(19(2)25(30)26-22-9-5-6-10-22)24(29)17-33-16-20-11-13-23(14-12-20)28(31)32/h3-4,7-8,11-14,19,22H,5-6,9-10,15-17H2,1-2H3,(H,26,30)/t19-/m0/s1. The van der Waals surface area contributed by atoms with E-state index in [1.54, 1.807) is 24.0 Å². The molecule has 1 aliphatic carbocycles. The lowest BCUT2D eigenvalue weighted by molar-refractivity contribution is -0.384. The number of nitrogens with one attached hydrogen (secondary N) is 1. The van der Waals surface area contributed by atoms with E-state index in [0.717, 1.165) is 42.4 Å². The zero-order chi connectivity index (χ0) is 23.8. The summed E-state index contributed by atoms with van der Waals surface area (Å²) in [7, 11) is 0. The van der Waals surface area contributed by atoms with E-state index in [4.69, 9.17) is 0 Å². The summed E-state index contributed by atoms with van der Waals surface area (Å²) in [6.07, 6.45) is 4.25. The molecule has 7 nitrogen and oxygen atoms in total. The van der Waals surface area contributed by atoms with E-state index >= 15 is 0 Å². The summed E-state index contributed by atoms with van der Waals surface area (Å²) in [4.78, 5) is 38.2. The van der Waals surface area contributed by atoms with Gasteiger partial charge in [0.25, 0.3) is 5.69 Å². The Labute approximate surface area is 199 Å². The number of nitrogens with zero attached hydrogens (tertiary/aromatic N) is 2. The van der Waals surface area contributed by atoms with Crippen molar-refractivity contribution in [3.8, 4) is 0 Å². The molecule has 0 radical (unpaired) electrons. The lowest BCUT2D eigenvalue weighted by Crippen LogP contribution is -2.50. The van der Waals surface area contributed by atoms with E-state index in [-0.39, 0.29) is 29.3 Å². The molecule has 8 heteroatoms. The third-order valence-electron chi connectivity index (χ3n) is 6.11. The van der Waals surface area contributed by atoms with Crippen LogP contribution in [0.4, 0.5) is 5.69 Å². The Kier molecular flexibility index (Phi) is 8.88. The molecule has 0 heterocycles. The van der Waals surface area contributed by atoms with Crippen molar-refractivity contribution in [2.24, 2.45) is 0 Å². The minimum Gasteiger partial charge on any atom is -0.352 e. The van der Waals surface area contributed by atoms with Gasteiger partial charge in [-0.05, 0) is 43.4 Å². The molecule has 1 atom stereocenters. The number of nitro benzene ring substituents is 1. The second kappa shape index (κ2) is 11.8. The van der Waals surface area contributed by atoms with Crippen molar-refractivity contribution in [2.45, 2.75) is 63.9 Å². The summed E-state index contributed by atoms with van der Waals surface area (Å²) in [6.45, 7) is 4.18. The predicted molar refractivity (Wildman–Crippen MR) is 131 cm³/mol. The third-order valence-corrected chi connectivity index (χ3v) is 7.10. The molecule has 1 aliphatic rings. The lowest BCUT2D eigenvalue weighted by atomic mass is 10.1. The van der Waals surface area contributed by atoms with Gasteiger partial charge in [0, 0.05) is 30.5 Å². The van der Waals surface area contributed by atoms with Crippen molar-refractivity contribution in [3.63, 3.8) is 0 Å². The van der Waals surface area contributed by atoms with E-state index in [9.17, 15) is 19.7 Å². The van der Waals surface area contributed by atoms with Crippen LogP contribution in [0.1, 0.15) is 49.3 Å². The summed E-state index contributed by atoms with van der Waals surface area (Å²) in [5, 5.41) is 13.9. The van der Waals surface area contributed by atoms with Gasteiger partial charge in [-0.25, -0.2) is 0 Å². The fourth-order valence-corrected chi connectivity index (χ4v) is 4.87. The van der Waals surface area contributed by atoms with Gasteiger partial charge in [-0.2, -0.15) is 0 Å². The molecule has 176 valence electrons. The predicted octanol–water partition coefficient (Wildman–Crippen LogP) is 4.61. The first-order valence-corrected chi connectivity index (χ1v) is 12.5. The van der Waals surface area contributed by atoms with Crippen LogP contribution in [-0.2, 0) is 21.9 Å². The third kappa shape index (κ3) is 7.05. The molecular formula is C25H31N3O4S. The van der Waals surface area contributed by atoms with Crippen LogP contribution in [-0.4, -0.2) is 39.5 Å². The van der Waals surface area contributed by atoms with Gasteiger partial charge in [-0.1, -0.05) is 49.2 Å². The highest BCUT2D eigenvalue weighted by Crippen LogP contribution is 2.21. The van der Waals surface area contributed by atoms with Gasteiger partial charge in [-0.15, -0.1) is 11.8 Å². The maximum atomic E-state index is 13.2. The number of amides is 2. The number of hydrogen-bond acceptors (Lipinski definition) is 5. The fourth-order valence-electron chi connectivity index (χ4n) is 4.00. The largest absolute Gasteiger partial charge is 0.352 e. The van der Waals surface area contributed by atoms with Crippen molar-refractivity contribution in [3.05, 3.63) is 75.3 Å². The SMILES string of the molecule is Cc1ccccc1CN(C(=O)CSCc1ccc([N+](=O)[O-])cc1)[C@@H](C)C(=O)NC1CCCC1. The molecule has 0 spiro atoms. The number of benzene rings is 2. The first-order chi connectivity index (χ1) is 15.8. The second-order valence-electron chi connectivity index (χ2n) is 8.53. The second-order valence-corrected chi connectivity index (χ2v) is 9.52. The molecule has 3 rings (SSSR count). The number of rotatable bonds is 10. The Morgan fingerprint density at radius 2 is 1.82 bits per heavy atom. The highest BCUT2D eigenvalue weighted by atomic mass is 32.2. The molecule has 33 heavy (non-hydrogen) atoms. The molecule has 1 N–H and O–H groups in total. The summed E-state index contributed by atoms with van der Waals surface area (Å²) in [5.74, 6) is 0.581. The average molecular weight is 470 g/mol. The smallest absolute Gasteiger partial charge is 0.269 e. The van der Waals surface area contributed by atoms with Gasteiger partial charge in [0.05, 0.1) is 10.7 Å². The number of aryl methyl sites for hydroxylation is 1. The number of nitro groups is 1. The van der Waals surface area contributed by atoms with Gasteiger partial charge >= 0.3 is 0 Å². The van der Waals surface area contributed by atoms with Crippen LogP contribution in [0.25, 0.3) is 0 Å². The topological polar surface area (TPSA) is 92.6 Å². The van der Waals surface area contributed by atoms with Crippen molar-refractivity contribution < 1.29 is 14.5 Å². The highest BCUT2D eigenvalue weighted by Gasteiger charge is 2.28. The van der Waals surface area contributed by atoms with Gasteiger partial charge in [0.1, 0.15) is 6.04 Å². The van der Waals surface area contributed by atoms with E-state index in [1.165, 1.54) is 23.9 Å². The average Bonchev–Trinajstić information content (AvgIpc) is 3.31. The molecule has 2 aromatic carbocycles. The van der Waals surface area contributed by atoms with Crippen LogP contribution < -0.4 is 5.32 Å². The summed E-state index contributed by atoms with van der Waals surface area (Å²) >= 11 is 1.44. The number of non-ortho nitro benzene ring substituents is 1. The van der Waals surface area contributed by atoms with E-state index in [1.807, 2.05) is 31.2 Å². The molecule has 0 aliphatic heterocycles. The van der Waals surface area contributed by atoms with E-state index in [0.29, 0.717) is 12.3 Å². The molecule has 1 saturated carbocycles. The van der Waals surface area contributed by atoms with Gasteiger partial charge in [-0.3, -0.25) is 19.7 Å². The van der Waals surface area contributed by atoms with Gasteiger partial charge < -0.3 is 10.2 Å². The molecule has 0 saturated heterocycles. The van der Waals surface area contributed by atoms with Crippen LogP contribution >= 0.6 is 11.8 Å². The molecule has 0 bridgehead atoms. The van der Waals surface area contributed by atoms with E-state index in [2.05, 4.69) is 5.32 Å².